The van der Waals surface area contributed by atoms with Crippen molar-refractivity contribution in [2.24, 2.45) is 0 Å². The molecule has 0 spiro atoms. The van der Waals surface area contributed by atoms with Gasteiger partial charge in [-0.1, -0.05) is 12.1 Å². The summed E-state index contributed by atoms with van der Waals surface area (Å²) in [5.41, 5.74) is 1.86. The van der Waals surface area contributed by atoms with Gasteiger partial charge in [0.25, 0.3) is 0 Å². The maximum absolute atomic E-state index is 10.8. The lowest BCUT2D eigenvalue weighted by Crippen LogP contribution is -2.17. The van der Waals surface area contributed by atoms with E-state index < -0.39 is 0 Å². The fourth-order valence-electron chi connectivity index (χ4n) is 1.40. The van der Waals surface area contributed by atoms with Gasteiger partial charge in [-0.05, 0) is 31.8 Å². The summed E-state index contributed by atoms with van der Waals surface area (Å²) in [5, 5.41) is 2.69. The number of hydrogen-bond acceptors (Lipinski definition) is 2. The molecule has 0 radical (unpaired) electrons. The number of hydrogen-bond donors (Lipinski definition) is 1. The topological polar surface area (TPSA) is 32.3 Å². The van der Waals surface area contributed by atoms with Gasteiger partial charge in [0.15, 0.2) is 0 Å². The lowest BCUT2D eigenvalue weighted by Gasteiger charge is -2.15. The Bertz CT molecular complexity index is 349. The molecule has 1 atom stereocenters. The van der Waals surface area contributed by atoms with E-state index in [1.807, 2.05) is 43.3 Å². The molecule has 4 heteroatoms. The molecule has 0 heterocycles. The summed E-state index contributed by atoms with van der Waals surface area (Å²) in [6.07, 6.45) is 0. The standard InChI is InChI=1S/C12H17ClN2O/c1-9(16)14-11-6-4-10(5-7-11)12(13)8-15(2)3/h4-7,12H,8H2,1-3H3,(H,14,16). The second-order valence-electron chi connectivity index (χ2n) is 4.03. The predicted molar refractivity (Wildman–Crippen MR) is 67.9 cm³/mol. The largest absolute Gasteiger partial charge is 0.326 e. The van der Waals surface area contributed by atoms with Crippen molar-refractivity contribution in [3.8, 4) is 0 Å². The summed E-state index contributed by atoms with van der Waals surface area (Å²) >= 11 is 6.23. The Morgan fingerprint density at radius 3 is 2.38 bits per heavy atom. The van der Waals surface area contributed by atoms with Crippen LogP contribution in [-0.2, 0) is 4.79 Å². The number of benzene rings is 1. The third-order valence-electron chi connectivity index (χ3n) is 2.12. The monoisotopic (exact) mass is 240 g/mol. The van der Waals surface area contributed by atoms with Gasteiger partial charge in [-0.25, -0.2) is 0 Å². The molecule has 3 nitrogen and oxygen atoms in total. The highest BCUT2D eigenvalue weighted by Gasteiger charge is 2.08. The molecule has 0 aliphatic carbocycles. The molecule has 0 aliphatic heterocycles. The van der Waals surface area contributed by atoms with E-state index in [-0.39, 0.29) is 11.3 Å². The Hall–Kier alpha value is -1.06. The molecule has 16 heavy (non-hydrogen) atoms. The van der Waals surface area contributed by atoms with Gasteiger partial charge in [0.2, 0.25) is 5.91 Å². The van der Waals surface area contributed by atoms with Gasteiger partial charge in [0.05, 0.1) is 5.38 Å². The number of nitrogens with zero attached hydrogens (tertiary/aromatic N) is 1. The second kappa shape index (κ2) is 5.87. The second-order valence-corrected chi connectivity index (χ2v) is 4.56. The van der Waals surface area contributed by atoms with Crippen LogP contribution < -0.4 is 5.32 Å². The maximum atomic E-state index is 10.8. The molecule has 1 rings (SSSR count). The molecule has 0 fully saturated rings. The molecule has 1 aromatic rings. The zero-order valence-electron chi connectivity index (χ0n) is 9.83. The number of amides is 1. The van der Waals surface area contributed by atoms with E-state index in [1.54, 1.807) is 0 Å². The number of carbonyl (C=O) groups is 1. The summed E-state index contributed by atoms with van der Waals surface area (Å²) in [7, 11) is 3.97. The van der Waals surface area contributed by atoms with Gasteiger partial charge in [0.1, 0.15) is 0 Å². The fourth-order valence-corrected chi connectivity index (χ4v) is 1.83. The van der Waals surface area contributed by atoms with E-state index >= 15 is 0 Å². The first-order valence-corrected chi connectivity index (χ1v) is 5.59. The molecule has 0 aromatic heterocycles. The van der Waals surface area contributed by atoms with Crippen molar-refractivity contribution >= 4 is 23.2 Å². The summed E-state index contributed by atoms with van der Waals surface area (Å²) in [4.78, 5) is 12.9. The molecule has 1 amide bonds. The van der Waals surface area contributed by atoms with E-state index in [9.17, 15) is 4.79 Å². The normalized spacial score (nSPS) is 12.6. The van der Waals surface area contributed by atoms with E-state index in [1.165, 1.54) is 6.92 Å². The average Bonchev–Trinajstić information content (AvgIpc) is 2.16. The van der Waals surface area contributed by atoms with Crippen molar-refractivity contribution < 1.29 is 4.79 Å². The highest BCUT2D eigenvalue weighted by molar-refractivity contribution is 6.21. The van der Waals surface area contributed by atoms with E-state index in [2.05, 4.69) is 5.32 Å². The van der Waals surface area contributed by atoms with E-state index in [0.29, 0.717) is 0 Å². The predicted octanol–water partition coefficient (Wildman–Crippen LogP) is 2.49. The molecule has 1 aromatic carbocycles. The first-order chi connectivity index (χ1) is 7.49. The fraction of sp³-hybridized carbons (Fsp3) is 0.417. The zero-order valence-corrected chi connectivity index (χ0v) is 10.6. The molecule has 0 aliphatic rings. The Balaban J connectivity index is 2.66. The van der Waals surface area contributed by atoms with Gasteiger partial charge in [-0.3, -0.25) is 4.79 Å². The van der Waals surface area contributed by atoms with Crippen LogP contribution >= 0.6 is 11.6 Å². The summed E-state index contributed by atoms with van der Waals surface area (Å²) in [5.74, 6) is -0.0662. The third kappa shape index (κ3) is 4.21. The van der Waals surface area contributed by atoms with Crippen LogP contribution in [0.15, 0.2) is 24.3 Å². The minimum absolute atomic E-state index is 0.0265. The molecule has 0 bridgehead atoms. The van der Waals surface area contributed by atoms with Crippen LogP contribution in [0.3, 0.4) is 0 Å². The molecular formula is C12H17ClN2O. The van der Waals surface area contributed by atoms with Gasteiger partial charge in [0, 0.05) is 19.2 Å². The molecular weight excluding hydrogens is 224 g/mol. The molecule has 88 valence electrons. The number of likely N-dealkylation sites (N-methyl/N-ethyl adjacent to an activating group) is 1. The van der Waals surface area contributed by atoms with Gasteiger partial charge in [-0.15, -0.1) is 11.6 Å². The lowest BCUT2D eigenvalue weighted by atomic mass is 10.1. The molecule has 1 unspecified atom stereocenters. The van der Waals surface area contributed by atoms with Crippen LogP contribution in [0.25, 0.3) is 0 Å². The Labute approximate surface area is 101 Å². The van der Waals surface area contributed by atoms with Crippen molar-refractivity contribution in [1.82, 2.24) is 4.90 Å². The first-order valence-electron chi connectivity index (χ1n) is 5.15. The lowest BCUT2D eigenvalue weighted by molar-refractivity contribution is -0.114. The number of halogens is 1. The van der Waals surface area contributed by atoms with Gasteiger partial charge in [-0.2, -0.15) is 0 Å². The van der Waals surface area contributed by atoms with Crippen molar-refractivity contribution in [2.75, 3.05) is 26.0 Å². The number of carbonyl (C=O) groups excluding carboxylic acids is 1. The van der Waals surface area contributed by atoms with Crippen LogP contribution in [0.5, 0.6) is 0 Å². The maximum Gasteiger partial charge on any atom is 0.221 e. The summed E-state index contributed by atoms with van der Waals surface area (Å²) < 4.78 is 0. The van der Waals surface area contributed by atoms with Crippen LogP contribution in [-0.4, -0.2) is 31.4 Å². The average molecular weight is 241 g/mol. The Morgan fingerprint density at radius 1 is 1.38 bits per heavy atom. The Morgan fingerprint density at radius 2 is 1.94 bits per heavy atom. The smallest absolute Gasteiger partial charge is 0.221 e. The SMILES string of the molecule is CC(=O)Nc1ccc(C(Cl)CN(C)C)cc1. The van der Waals surface area contributed by atoms with Crippen molar-refractivity contribution in [2.45, 2.75) is 12.3 Å². The highest BCUT2D eigenvalue weighted by atomic mass is 35.5. The molecule has 1 N–H and O–H groups in total. The van der Waals surface area contributed by atoms with Crippen molar-refractivity contribution in [1.29, 1.82) is 0 Å². The third-order valence-corrected chi connectivity index (χ3v) is 2.51. The first kappa shape index (κ1) is 13.0. The number of nitrogens with one attached hydrogen (secondary N) is 1. The minimum Gasteiger partial charge on any atom is -0.326 e. The highest BCUT2D eigenvalue weighted by Crippen LogP contribution is 2.22. The van der Waals surface area contributed by atoms with Crippen LogP contribution in [0.1, 0.15) is 17.9 Å². The van der Waals surface area contributed by atoms with Gasteiger partial charge < -0.3 is 10.2 Å². The number of alkyl halides is 1. The molecule has 0 saturated carbocycles. The summed E-state index contributed by atoms with van der Waals surface area (Å²) in [6.45, 7) is 2.28. The zero-order chi connectivity index (χ0) is 12.1. The van der Waals surface area contributed by atoms with Crippen LogP contribution in [0, 0.1) is 0 Å². The number of anilines is 1. The quantitative estimate of drug-likeness (QED) is 0.821. The summed E-state index contributed by atoms with van der Waals surface area (Å²) in [6, 6.07) is 7.60. The number of rotatable bonds is 4. The van der Waals surface area contributed by atoms with Gasteiger partial charge >= 0.3 is 0 Å². The van der Waals surface area contributed by atoms with E-state index in [0.717, 1.165) is 17.8 Å². The minimum atomic E-state index is -0.0662. The van der Waals surface area contributed by atoms with Crippen LogP contribution in [0.4, 0.5) is 5.69 Å². The Kier molecular flexibility index (Phi) is 4.77. The van der Waals surface area contributed by atoms with Crippen molar-refractivity contribution in [3.63, 3.8) is 0 Å². The van der Waals surface area contributed by atoms with Crippen molar-refractivity contribution in [3.05, 3.63) is 29.8 Å². The van der Waals surface area contributed by atoms with Crippen LogP contribution in [0.2, 0.25) is 0 Å². The van der Waals surface area contributed by atoms with E-state index in [4.69, 9.17) is 11.6 Å². The molecule has 0 saturated heterocycles.